The van der Waals surface area contributed by atoms with E-state index in [0.29, 0.717) is 6.42 Å². The van der Waals surface area contributed by atoms with Gasteiger partial charge in [0.2, 0.25) is 0 Å². The Bertz CT molecular complexity index is 399. The van der Waals surface area contributed by atoms with Crippen LogP contribution in [0.2, 0.25) is 0 Å². The lowest BCUT2D eigenvalue weighted by Crippen LogP contribution is -2.25. The molecule has 0 spiro atoms. The summed E-state index contributed by atoms with van der Waals surface area (Å²) in [7, 11) is 0. The molecule has 0 heterocycles. The van der Waals surface area contributed by atoms with E-state index < -0.39 is 17.5 Å². The van der Waals surface area contributed by atoms with Crippen molar-refractivity contribution >= 4 is 21.8 Å². The molecule has 1 rings (SSSR count). The van der Waals surface area contributed by atoms with Crippen molar-refractivity contribution in [2.75, 3.05) is 13.2 Å². The van der Waals surface area contributed by atoms with Gasteiger partial charge in [-0.25, -0.2) is 8.78 Å². The summed E-state index contributed by atoms with van der Waals surface area (Å²) in [6.07, 6.45) is 0.410. The number of amides is 1. The van der Waals surface area contributed by atoms with Crippen LogP contribution in [0.25, 0.3) is 0 Å². The number of carbonyl (C=O) groups is 1. The van der Waals surface area contributed by atoms with Crippen LogP contribution >= 0.6 is 15.9 Å². The van der Waals surface area contributed by atoms with Gasteiger partial charge in [-0.15, -0.1) is 0 Å². The second-order valence-electron chi connectivity index (χ2n) is 3.08. The fourth-order valence-corrected chi connectivity index (χ4v) is 1.57. The fraction of sp³-hybridized carbons (Fsp3) is 0.300. The van der Waals surface area contributed by atoms with Gasteiger partial charge >= 0.3 is 0 Å². The van der Waals surface area contributed by atoms with Gasteiger partial charge in [0.25, 0.3) is 5.91 Å². The van der Waals surface area contributed by atoms with Crippen molar-refractivity contribution in [2.24, 2.45) is 0 Å². The first kappa shape index (κ1) is 13.1. The molecule has 0 saturated carbocycles. The lowest BCUT2D eigenvalue weighted by Gasteiger charge is -2.06. The van der Waals surface area contributed by atoms with Gasteiger partial charge in [-0.05, 0) is 34.5 Å². The molecule has 88 valence electrons. The topological polar surface area (TPSA) is 49.3 Å². The average molecular weight is 294 g/mol. The number of hydrogen-bond acceptors (Lipinski definition) is 2. The van der Waals surface area contributed by atoms with Crippen molar-refractivity contribution in [2.45, 2.75) is 6.42 Å². The molecule has 0 atom stereocenters. The van der Waals surface area contributed by atoms with Crippen molar-refractivity contribution in [1.29, 1.82) is 0 Å². The second-order valence-corrected chi connectivity index (χ2v) is 3.93. The average Bonchev–Trinajstić information content (AvgIpc) is 2.23. The summed E-state index contributed by atoms with van der Waals surface area (Å²) >= 11 is 2.97. The third-order valence-corrected chi connectivity index (χ3v) is 2.53. The fourth-order valence-electron chi connectivity index (χ4n) is 1.07. The van der Waals surface area contributed by atoms with Gasteiger partial charge in [-0.3, -0.25) is 4.79 Å². The summed E-state index contributed by atoms with van der Waals surface area (Å²) in [4.78, 5) is 11.5. The van der Waals surface area contributed by atoms with Crippen LogP contribution in [0, 0.1) is 11.6 Å². The highest BCUT2D eigenvalue weighted by atomic mass is 79.9. The largest absolute Gasteiger partial charge is 0.396 e. The van der Waals surface area contributed by atoms with E-state index >= 15 is 0 Å². The zero-order chi connectivity index (χ0) is 12.1. The minimum absolute atomic E-state index is 0.0249. The van der Waals surface area contributed by atoms with Gasteiger partial charge in [0, 0.05) is 17.6 Å². The molecule has 16 heavy (non-hydrogen) atoms. The molecule has 0 fully saturated rings. The van der Waals surface area contributed by atoms with Gasteiger partial charge in [-0.1, -0.05) is 0 Å². The van der Waals surface area contributed by atoms with Crippen molar-refractivity contribution in [1.82, 2.24) is 5.32 Å². The number of hydrogen-bond donors (Lipinski definition) is 2. The van der Waals surface area contributed by atoms with Crippen LogP contribution in [0.5, 0.6) is 0 Å². The Hall–Kier alpha value is -1.01. The third-order valence-electron chi connectivity index (χ3n) is 1.88. The molecule has 0 unspecified atom stereocenters. The molecule has 3 nitrogen and oxygen atoms in total. The Morgan fingerprint density at radius 3 is 2.62 bits per heavy atom. The summed E-state index contributed by atoms with van der Waals surface area (Å²) < 4.78 is 25.8. The number of benzene rings is 1. The number of carbonyl (C=O) groups excluding carboxylic acids is 1. The number of aliphatic hydroxyl groups excluding tert-OH is 1. The van der Waals surface area contributed by atoms with Gasteiger partial charge in [0.05, 0.1) is 5.56 Å². The lowest BCUT2D eigenvalue weighted by atomic mass is 10.2. The molecule has 2 N–H and O–H groups in total. The number of nitrogens with one attached hydrogen (secondary N) is 1. The molecule has 0 radical (unpaired) electrons. The smallest absolute Gasteiger partial charge is 0.252 e. The predicted molar refractivity (Wildman–Crippen MR) is 58.1 cm³/mol. The maximum atomic E-state index is 12.9. The molecule has 6 heteroatoms. The third kappa shape index (κ3) is 3.24. The Morgan fingerprint density at radius 1 is 1.38 bits per heavy atom. The first-order chi connectivity index (χ1) is 7.56. The highest BCUT2D eigenvalue weighted by molar-refractivity contribution is 9.10. The Balaban J connectivity index is 2.79. The quantitative estimate of drug-likeness (QED) is 0.657. The standard InChI is InChI=1S/C10H10BrF2NO2/c11-7-5-9(13)8(12)4-6(7)10(16)14-2-1-3-15/h4-5,15H,1-3H2,(H,14,16). The molecular weight excluding hydrogens is 284 g/mol. The van der Waals surface area contributed by atoms with Gasteiger partial charge < -0.3 is 10.4 Å². The summed E-state index contributed by atoms with van der Waals surface area (Å²) in [5.74, 6) is -2.60. The van der Waals surface area contributed by atoms with Gasteiger partial charge in [-0.2, -0.15) is 0 Å². The molecular formula is C10H10BrF2NO2. The normalized spacial score (nSPS) is 10.2. The van der Waals surface area contributed by atoms with Crippen molar-refractivity contribution in [3.63, 3.8) is 0 Å². The van der Waals surface area contributed by atoms with E-state index in [-0.39, 0.29) is 23.2 Å². The summed E-state index contributed by atoms with van der Waals surface area (Å²) in [5.41, 5.74) is 0.0249. The molecule has 0 aliphatic carbocycles. The molecule has 1 aromatic rings. The van der Waals surface area contributed by atoms with Crippen molar-refractivity contribution in [3.8, 4) is 0 Å². The number of halogens is 3. The van der Waals surface area contributed by atoms with E-state index in [2.05, 4.69) is 21.2 Å². The first-order valence-electron chi connectivity index (χ1n) is 4.60. The Labute approximate surface area is 99.6 Å². The van der Waals surface area contributed by atoms with E-state index in [9.17, 15) is 13.6 Å². The van der Waals surface area contributed by atoms with Crippen LogP contribution in [-0.2, 0) is 0 Å². The predicted octanol–water partition coefficient (Wildman–Crippen LogP) is 1.84. The van der Waals surface area contributed by atoms with E-state index in [0.717, 1.165) is 12.1 Å². The maximum absolute atomic E-state index is 12.9. The van der Waals surface area contributed by atoms with Crippen molar-refractivity contribution < 1.29 is 18.7 Å². The molecule has 0 saturated heterocycles. The Kier molecular flexibility index (Phi) is 4.82. The van der Waals surface area contributed by atoms with Gasteiger partial charge in [0.15, 0.2) is 11.6 Å². The zero-order valence-corrected chi connectivity index (χ0v) is 9.85. The van der Waals surface area contributed by atoms with Gasteiger partial charge in [0.1, 0.15) is 0 Å². The SMILES string of the molecule is O=C(NCCCO)c1cc(F)c(F)cc1Br. The highest BCUT2D eigenvalue weighted by Crippen LogP contribution is 2.20. The molecule has 0 aliphatic heterocycles. The maximum Gasteiger partial charge on any atom is 0.252 e. The first-order valence-corrected chi connectivity index (χ1v) is 5.39. The van der Waals surface area contributed by atoms with Crippen LogP contribution in [0.4, 0.5) is 8.78 Å². The molecule has 1 aromatic carbocycles. The van der Waals surface area contributed by atoms with Crippen LogP contribution < -0.4 is 5.32 Å². The minimum atomic E-state index is -1.07. The van der Waals surface area contributed by atoms with E-state index in [4.69, 9.17) is 5.11 Å². The van der Waals surface area contributed by atoms with Crippen molar-refractivity contribution in [3.05, 3.63) is 33.8 Å². The number of aliphatic hydroxyl groups is 1. The summed E-state index contributed by atoms with van der Waals surface area (Å²) in [6, 6.07) is 1.73. The van der Waals surface area contributed by atoms with Crippen LogP contribution in [-0.4, -0.2) is 24.2 Å². The van der Waals surface area contributed by atoms with Crippen LogP contribution in [0.1, 0.15) is 16.8 Å². The lowest BCUT2D eigenvalue weighted by molar-refractivity contribution is 0.0950. The number of rotatable bonds is 4. The summed E-state index contributed by atoms with van der Waals surface area (Å²) in [6.45, 7) is 0.236. The second kappa shape index (κ2) is 5.91. The minimum Gasteiger partial charge on any atom is -0.396 e. The zero-order valence-electron chi connectivity index (χ0n) is 8.27. The molecule has 1 amide bonds. The molecule has 0 aliphatic rings. The van der Waals surface area contributed by atoms with Crippen LogP contribution in [0.15, 0.2) is 16.6 Å². The molecule has 0 bridgehead atoms. The molecule has 0 aromatic heterocycles. The monoisotopic (exact) mass is 293 g/mol. The van der Waals surface area contributed by atoms with E-state index in [1.165, 1.54) is 0 Å². The highest BCUT2D eigenvalue weighted by Gasteiger charge is 2.13. The Morgan fingerprint density at radius 2 is 2.00 bits per heavy atom. The van der Waals surface area contributed by atoms with E-state index in [1.807, 2.05) is 0 Å². The van der Waals surface area contributed by atoms with E-state index in [1.54, 1.807) is 0 Å². The van der Waals surface area contributed by atoms with Crippen LogP contribution in [0.3, 0.4) is 0 Å². The summed E-state index contributed by atoms with van der Waals surface area (Å²) in [5, 5.41) is 11.0.